The van der Waals surface area contributed by atoms with Gasteiger partial charge in [0.1, 0.15) is 5.75 Å². The first-order chi connectivity index (χ1) is 10.6. The largest absolute Gasteiger partial charge is 0.439 e. The van der Waals surface area contributed by atoms with E-state index in [0.717, 1.165) is 4.47 Å². The van der Waals surface area contributed by atoms with Crippen LogP contribution in [-0.2, 0) is 0 Å². The number of carbonyl (C=O) groups excluding carboxylic acids is 1. The maximum absolute atomic E-state index is 11.9. The van der Waals surface area contributed by atoms with E-state index in [-0.39, 0.29) is 11.8 Å². The zero-order chi connectivity index (χ0) is 15.9. The van der Waals surface area contributed by atoms with Crippen LogP contribution in [0.15, 0.2) is 47.1 Å². The highest BCUT2D eigenvalue weighted by molar-refractivity contribution is 9.10. The Hall–Kier alpha value is -1.92. The molecule has 1 atom stereocenters. The Labute approximate surface area is 138 Å². The Kier molecular flexibility index (Phi) is 5.91. The van der Waals surface area contributed by atoms with Crippen molar-refractivity contribution in [1.29, 1.82) is 0 Å². The molecule has 0 saturated heterocycles. The quantitative estimate of drug-likeness (QED) is 0.826. The average molecular weight is 364 g/mol. The SMILES string of the molecule is CC(CN)CNC(=O)c1ccc(Oc2ccc(Br)cc2)nc1. The fourth-order valence-electron chi connectivity index (χ4n) is 1.65. The van der Waals surface area contributed by atoms with Gasteiger partial charge in [-0.1, -0.05) is 22.9 Å². The molecule has 6 heteroatoms. The molecule has 1 aromatic heterocycles. The summed E-state index contributed by atoms with van der Waals surface area (Å²) in [4.78, 5) is 16.1. The summed E-state index contributed by atoms with van der Waals surface area (Å²) in [6.45, 7) is 3.07. The lowest BCUT2D eigenvalue weighted by Gasteiger charge is -2.10. The van der Waals surface area contributed by atoms with Crippen molar-refractivity contribution in [3.8, 4) is 11.6 Å². The number of ether oxygens (including phenoxy) is 1. The molecule has 1 heterocycles. The van der Waals surface area contributed by atoms with Gasteiger partial charge in [-0.25, -0.2) is 4.98 Å². The third-order valence-corrected chi connectivity index (χ3v) is 3.58. The third kappa shape index (κ3) is 4.82. The molecular formula is C16H18BrN3O2. The molecule has 22 heavy (non-hydrogen) atoms. The predicted molar refractivity (Wildman–Crippen MR) is 89.0 cm³/mol. The lowest BCUT2D eigenvalue weighted by atomic mass is 10.2. The highest BCUT2D eigenvalue weighted by Gasteiger charge is 2.08. The fraction of sp³-hybridized carbons (Fsp3) is 0.250. The summed E-state index contributed by atoms with van der Waals surface area (Å²) in [5.41, 5.74) is 6.01. The minimum Gasteiger partial charge on any atom is -0.439 e. The first kappa shape index (κ1) is 16.5. The molecule has 0 saturated carbocycles. The van der Waals surface area contributed by atoms with E-state index in [2.05, 4.69) is 26.2 Å². The molecule has 0 bridgehead atoms. The van der Waals surface area contributed by atoms with Gasteiger partial charge in [0.25, 0.3) is 5.91 Å². The Morgan fingerprint density at radius 1 is 1.32 bits per heavy atom. The second-order valence-corrected chi connectivity index (χ2v) is 5.91. The summed E-state index contributed by atoms with van der Waals surface area (Å²) in [7, 11) is 0. The standard InChI is InChI=1S/C16H18BrN3O2/c1-11(8-18)9-20-16(21)12-2-7-15(19-10-12)22-14-5-3-13(17)4-6-14/h2-7,10-11H,8-9,18H2,1H3,(H,20,21). The smallest absolute Gasteiger partial charge is 0.252 e. The van der Waals surface area contributed by atoms with Crippen molar-refractivity contribution in [2.75, 3.05) is 13.1 Å². The minimum atomic E-state index is -0.164. The lowest BCUT2D eigenvalue weighted by Crippen LogP contribution is -2.31. The number of nitrogens with zero attached hydrogens (tertiary/aromatic N) is 1. The number of nitrogens with two attached hydrogens (primary N) is 1. The van der Waals surface area contributed by atoms with Crippen LogP contribution < -0.4 is 15.8 Å². The topological polar surface area (TPSA) is 77.2 Å². The van der Waals surface area contributed by atoms with E-state index in [4.69, 9.17) is 10.5 Å². The Balaban J connectivity index is 1.95. The van der Waals surface area contributed by atoms with Crippen LogP contribution in [0.25, 0.3) is 0 Å². The number of pyridine rings is 1. The molecule has 116 valence electrons. The van der Waals surface area contributed by atoms with E-state index in [1.165, 1.54) is 6.20 Å². The number of carbonyl (C=O) groups is 1. The first-order valence-electron chi connectivity index (χ1n) is 6.96. The Morgan fingerprint density at radius 3 is 2.64 bits per heavy atom. The maximum Gasteiger partial charge on any atom is 0.252 e. The van der Waals surface area contributed by atoms with Gasteiger partial charge in [-0.2, -0.15) is 0 Å². The van der Waals surface area contributed by atoms with E-state index in [1.54, 1.807) is 12.1 Å². The van der Waals surface area contributed by atoms with Crippen LogP contribution in [0.5, 0.6) is 11.6 Å². The van der Waals surface area contributed by atoms with Crippen molar-refractivity contribution in [2.24, 2.45) is 11.7 Å². The normalized spacial score (nSPS) is 11.8. The fourth-order valence-corrected chi connectivity index (χ4v) is 1.92. The Bertz CT molecular complexity index is 614. The van der Waals surface area contributed by atoms with Crippen molar-refractivity contribution >= 4 is 21.8 Å². The minimum absolute atomic E-state index is 0.164. The van der Waals surface area contributed by atoms with Crippen LogP contribution in [-0.4, -0.2) is 24.0 Å². The van der Waals surface area contributed by atoms with Gasteiger partial charge in [0.05, 0.1) is 5.56 Å². The van der Waals surface area contributed by atoms with Gasteiger partial charge in [0, 0.05) is 23.3 Å². The van der Waals surface area contributed by atoms with E-state index in [9.17, 15) is 4.79 Å². The molecule has 2 rings (SSSR count). The number of nitrogens with one attached hydrogen (secondary N) is 1. The average Bonchev–Trinajstić information content (AvgIpc) is 2.55. The van der Waals surface area contributed by atoms with Crippen LogP contribution >= 0.6 is 15.9 Å². The van der Waals surface area contributed by atoms with Crippen molar-refractivity contribution in [2.45, 2.75) is 6.92 Å². The number of amides is 1. The summed E-state index contributed by atoms with van der Waals surface area (Å²) in [5.74, 6) is 1.21. The molecule has 1 unspecified atom stereocenters. The van der Waals surface area contributed by atoms with Gasteiger partial charge in [-0.15, -0.1) is 0 Å². The van der Waals surface area contributed by atoms with E-state index >= 15 is 0 Å². The second-order valence-electron chi connectivity index (χ2n) is 4.99. The molecule has 0 aliphatic heterocycles. The summed E-state index contributed by atoms with van der Waals surface area (Å²) in [5, 5.41) is 2.82. The van der Waals surface area contributed by atoms with E-state index in [1.807, 2.05) is 31.2 Å². The van der Waals surface area contributed by atoms with Crippen LogP contribution in [0.1, 0.15) is 17.3 Å². The second kappa shape index (κ2) is 7.91. The van der Waals surface area contributed by atoms with Gasteiger partial charge in [-0.3, -0.25) is 4.79 Å². The van der Waals surface area contributed by atoms with Gasteiger partial charge in [0.2, 0.25) is 5.88 Å². The number of benzene rings is 1. The number of aromatic nitrogens is 1. The third-order valence-electron chi connectivity index (χ3n) is 3.05. The van der Waals surface area contributed by atoms with E-state index in [0.29, 0.717) is 30.3 Å². The maximum atomic E-state index is 11.9. The van der Waals surface area contributed by atoms with Crippen molar-refractivity contribution < 1.29 is 9.53 Å². The highest BCUT2D eigenvalue weighted by Crippen LogP contribution is 2.21. The molecule has 3 N–H and O–H groups in total. The van der Waals surface area contributed by atoms with Gasteiger partial charge in [0.15, 0.2) is 0 Å². The van der Waals surface area contributed by atoms with Crippen molar-refractivity contribution in [1.82, 2.24) is 10.3 Å². The molecule has 0 fully saturated rings. The molecule has 1 aromatic carbocycles. The highest BCUT2D eigenvalue weighted by atomic mass is 79.9. The molecular weight excluding hydrogens is 346 g/mol. The predicted octanol–water partition coefficient (Wildman–Crippen LogP) is 2.96. The molecule has 0 aliphatic carbocycles. The Morgan fingerprint density at radius 2 is 2.05 bits per heavy atom. The molecule has 2 aromatic rings. The number of rotatable bonds is 6. The molecule has 0 radical (unpaired) electrons. The van der Waals surface area contributed by atoms with Crippen LogP contribution in [0.3, 0.4) is 0 Å². The monoisotopic (exact) mass is 363 g/mol. The summed E-state index contributed by atoms with van der Waals surface area (Å²) < 4.78 is 6.58. The summed E-state index contributed by atoms with van der Waals surface area (Å²) in [6.07, 6.45) is 1.50. The van der Waals surface area contributed by atoms with Gasteiger partial charge in [-0.05, 0) is 42.8 Å². The summed E-state index contributed by atoms with van der Waals surface area (Å²) >= 11 is 3.36. The molecule has 5 nitrogen and oxygen atoms in total. The first-order valence-corrected chi connectivity index (χ1v) is 7.75. The zero-order valence-electron chi connectivity index (χ0n) is 12.3. The zero-order valence-corrected chi connectivity index (χ0v) is 13.8. The number of halogens is 1. The number of hydrogen-bond acceptors (Lipinski definition) is 4. The molecule has 1 amide bonds. The van der Waals surface area contributed by atoms with Crippen LogP contribution in [0, 0.1) is 5.92 Å². The number of hydrogen-bond donors (Lipinski definition) is 2. The van der Waals surface area contributed by atoms with Crippen molar-refractivity contribution in [3.63, 3.8) is 0 Å². The molecule has 0 spiro atoms. The van der Waals surface area contributed by atoms with Crippen LogP contribution in [0.4, 0.5) is 0 Å². The summed E-state index contributed by atoms with van der Waals surface area (Å²) in [6, 6.07) is 10.8. The lowest BCUT2D eigenvalue weighted by molar-refractivity contribution is 0.0948. The molecule has 0 aliphatic rings. The van der Waals surface area contributed by atoms with Crippen LogP contribution in [0.2, 0.25) is 0 Å². The van der Waals surface area contributed by atoms with Crippen molar-refractivity contribution in [3.05, 3.63) is 52.6 Å². The van der Waals surface area contributed by atoms with Gasteiger partial charge >= 0.3 is 0 Å². The van der Waals surface area contributed by atoms with E-state index < -0.39 is 0 Å². The van der Waals surface area contributed by atoms with Gasteiger partial charge < -0.3 is 15.8 Å².